The van der Waals surface area contributed by atoms with E-state index in [1.807, 2.05) is 0 Å². The van der Waals surface area contributed by atoms with Gasteiger partial charge in [0.2, 0.25) is 5.91 Å². The number of carbonyl (C=O) groups excluding carboxylic acids is 3. The molecule has 1 heterocycles. The van der Waals surface area contributed by atoms with Crippen LogP contribution in [0.1, 0.15) is 26.5 Å². The molecule has 0 spiro atoms. The fraction of sp³-hybridized carbons (Fsp3) is 0.0870. The van der Waals surface area contributed by atoms with Crippen molar-refractivity contribution in [3.05, 3.63) is 83.8 Å². The Morgan fingerprint density at radius 3 is 2.57 bits per heavy atom. The van der Waals surface area contributed by atoms with Crippen LogP contribution in [0.4, 0.5) is 11.4 Å². The Morgan fingerprint density at radius 1 is 1.07 bits per heavy atom. The van der Waals surface area contributed by atoms with Crippen molar-refractivity contribution in [2.24, 2.45) is 0 Å². The lowest BCUT2D eigenvalue weighted by Gasteiger charge is -2.22. The average Bonchev–Trinajstić information content (AvgIpc) is 3.32. The van der Waals surface area contributed by atoms with Crippen LogP contribution < -0.4 is 15.5 Å². The number of hydrogen-bond acceptors (Lipinski definition) is 4. The number of nitrogens with one attached hydrogen (secondary N) is 2. The summed E-state index contributed by atoms with van der Waals surface area (Å²) in [5.74, 6) is 1.48. The molecule has 7 heteroatoms. The van der Waals surface area contributed by atoms with Gasteiger partial charge in [-0.05, 0) is 48.5 Å². The molecule has 0 aliphatic rings. The summed E-state index contributed by atoms with van der Waals surface area (Å²) in [6.07, 6.45) is 6.86. The van der Waals surface area contributed by atoms with E-state index in [1.165, 1.54) is 30.3 Å². The molecule has 0 atom stereocenters. The van der Waals surface area contributed by atoms with E-state index in [2.05, 4.69) is 16.6 Å². The minimum absolute atomic E-state index is 0.152. The van der Waals surface area contributed by atoms with E-state index in [-0.39, 0.29) is 18.2 Å². The van der Waals surface area contributed by atoms with E-state index in [1.54, 1.807) is 48.5 Å². The van der Waals surface area contributed by atoms with Gasteiger partial charge in [-0.15, -0.1) is 6.42 Å². The minimum atomic E-state index is -0.437. The molecule has 3 amide bonds. The van der Waals surface area contributed by atoms with Crippen LogP contribution in [-0.2, 0) is 4.79 Å². The first-order valence-corrected chi connectivity index (χ1v) is 9.06. The van der Waals surface area contributed by atoms with Gasteiger partial charge in [-0.25, -0.2) is 0 Å². The van der Waals surface area contributed by atoms with Crippen molar-refractivity contribution in [3.63, 3.8) is 0 Å². The fourth-order valence-corrected chi connectivity index (χ4v) is 2.75. The van der Waals surface area contributed by atoms with Crippen LogP contribution in [0.15, 0.2) is 71.3 Å². The third kappa shape index (κ3) is 4.75. The molecule has 0 saturated heterocycles. The molecule has 7 nitrogen and oxygen atoms in total. The zero-order chi connectivity index (χ0) is 21.5. The average molecular weight is 401 g/mol. The highest BCUT2D eigenvalue weighted by Crippen LogP contribution is 2.21. The maximum atomic E-state index is 13.2. The van der Waals surface area contributed by atoms with Gasteiger partial charge in [-0.2, -0.15) is 0 Å². The fourth-order valence-electron chi connectivity index (χ4n) is 2.75. The lowest BCUT2D eigenvalue weighted by atomic mass is 10.1. The largest absolute Gasteiger partial charge is 0.459 e. The topological polar surface area (TPSA) is 91.7 Å². The number of nitrogens with zero attached hydrogens (tertiary/aromatic N) is 1. The monoisotopic (exact) mass is 401 g/mol. The summed E-state index contributed by atoms with van der Waals surface area (Å²) in [7, 11) is 1.49. The van der Waals surface area contributed by atoms with Gasteiger partial charge in [0.15, 0.2) is 5.76 Å². The third-order valence-corrected chi connectivity index (χ3v) is 4.26. The Labute approximate surface area is 173 Å². The highest BCUT2D eigenvalue weighted by molar-refractivity contribution is 6.10. The number of carbonyl (C=O) groups is 3. The van der Waals surface area contributed by atoms with Crippen molar-refractivity contribution in [2.75, 3.05) is 23.8 Å². The number of terminal acetylenes is 1. The number of furan rings is 1. The van der Waals surface area contributed by atoms with Gasteiger partial charge in [0, 0.05) is 29.5 Å². The van der Waals surface area contributed by atoms with Crippen molar-refractivity contribution in [3.8, 4) is 12.3 Å². The molecule has 0 aliphatic heterocycles. The normalized spacial score (nSPS) is 10.0. The number of benzene rings is 2. The SMILES string of the molecule is C#Cc1cccc(N(CC(=O)NC)C(=O)c2cccc(NC(=O)c3ccco3)c2)c1. The zero-order valence-corrected chi connectivity index (χ0v) is 16.2. The van der Waals surface area contributed by atoms with Crippen LogP contribution in [0, 0.1) is 12.3 Å². The van der Waals surface area contributed by atoms with Gasteiger partial charge < -0.3 is 15.1 Å². The van der Waals surface area contributed by atoms with Crippen molar-refractivity contribution in [2.45, 2.75) is 0 Å². The van der Waals surface area contributed by atoms with Crippen molar-refractivity contribution < 1.29 is 18.8 Å². The van der Waals surface area contributed by atoms with Crippen LogP contribution in [-0.4, -0.2) is 31.3 Å². The van der Waals surface area contributed by atoms with Gasteiger partial charge in [-0.3, -0.25) is 19.3 Å². The molecule has 0 radical (unpaired) electrons. The predicted molar refractivity (Wildman–Crippen MR) is 113 cm³/mol. The standard InChI is InChI=1S/C23H19N3O4/c1-3-16-7-4-10-19(13-16)26(15-21(27)24-2)23(29)17-8-5-9-18(14-17)25-22(28)20-11-6-12-30-20/h1,4-14H,15H2,2H3,(H,24,27)(H,25,28). The van der Waals surface area contributed by atoms with Crippen LogP contribution in [0.3, 0.4) is 0 Å². The maximum absolute atomic E-state index is 13.2. The Kier molecular flexibility index (Phi) is 6.30. The zero-order valence-electron chi connectivity index (χ0n) is 16.2. The molecule has 2 aromatic carbocycles. The Balaban J connectivity index is 1.89. The second kappa shape index (κ2) is 9.26. The van der Waals surface area contributed by atoms with Gasteiger partial charge in [-0.1, -0.05) is 18.1 Å². The second-order valence-corrected chi connectivity index (χ2v) is 6.27. The van der Waals surface area contributed by atoms with Gasteiger partial charge in [0.1, 0.15) is 6.54 Å². The maximum Gasteiger partial charge on any atom is 0.291 e. The summed E-state index contributed by atoms with van der Waals surface area (Å²) in [6.45, 7) is -0.188. The van der Waals surface area contributed by atoms with E-state index >= 15 is 0 Å². The van der Waals surface area contributed by atoms with E-state index in [0.717, 1.165) is 0 Å². The van der Waals surface area contributed by atoms with Crippen LogP contribution in [0.5, 0.6) is 0 Å². The number of hydrogen-bond donors (Lipinski definition) is 2. The summed E-state index contributed by atoms with van der Waals surface area (Å²) in [5.41, 5.74) is 1.78. The molecule has 0 unspecified atom stereocenters. The number of likely N-dealkylation sites (N-methyl/N-ethyl adjacent to an activating group) is 1. The molecule has 1 aromatic heterocycles. The van der Waals surface area contributed by atoms with Gasteiger partial charge >= 0.3 is 0 Å². The molecule has 3 rings (SSSR count). The molecule has 150 valence electrons. The lowest BCUT2D eigenvalue weighted by molar-refractivity contribution is -0.119. The highest BCUT2D eigenvalue weighted by atomic mass is 16.3. The van der Waals surface area contributed by atoms with Crippen molar-refractivity contribution in [1.82, 2.24) is 5.32 Å². The van der Waals surface area contributed by atoms with E-state index in [0.29, 0.717) is 22.5 Å². The third-order valence-electron chi connectivity index (χ3n) is 4.26. The summed E-state index contributed by atoms with van der Waals surface area (Å²) in [5, 5.41) is 5.19. The summed E-state index contributed by atoms with van der Waals surface area (Å²) in [6, 6.07) is 16.4. The van der Waals surface area contributed by atoms with Crippen molar-refractivity contribution in [1.29, 1.82) is 0 Å². The summed E-state index contributed by atoms with van der Waals surface area (Å²) in [4.78, 5) is 38.8. The summed E-state index contributed by atoms with van der Waals surface area (Å²) < 4.78 is 5.07. The van der Waals surface area contributed by atoms with Crippen LogP contribution >= 0.6 is 0 Å². The highest BCUT2D eigenvalue weighted by Gasteiger charge is 2.21. The first-order chi connectivity index (χ1) is 14.5. The Hall–Kier alpha value is -4.31. The molecule has 30 heavy (non-hydrogen) atoms. The van der Waals surface area contributed by atoms with Gasteiger partial charge in [0.05, 0.1) is 6.26 Å². The molecule has 0 aliphatic carbocycles. The minimum Gasteiger partial charge on any atom is -0.459 e. The van der Waals surface area contributed by atoms with Crippen molar-refractivity contribution >= 4 is 29.1 Å². The lowest BCUT2D eigenvalue weighted by Crippen LogP contribution is -2.39. The number of anilines is 2. The second-order valence-electron chi connectivity index (χ2n) is 6.27. The molecule has 0 saturated carbocycles. The molecule has 3 aromatic rings. The molecular formula is C23H19N3O4. The van der Waals surface area contributed by atoms with E-state index in [4.69, 9.17) is 10.8 Å². The quantitative estimate of drug-likeness (QED) is 0.622. The molecule has 2 N–H and O–H groups in total. The van der Waals surface area contributed by atoms with Crippen LogP contribution in [0.2, 0.25) is 0 Å². The van der Waals surface area contributed by atoms with Gasteiger partial charge in [0.25, 0.3) is 11.8 Å². The summed E-state index contributed by atoms with van der Waals surface area (Å²) >= 11 is 0. The smallest absolute Gasteiger partial charge is 0.291 e. The van der Waals surface area contributed by atoms with Crippen LogP contribution in [0.25, 0.3) is 0 Å². The number of rotatable bonds is 6. The van der Waals surface area contributed by atoms with E-state index in [9.17, 15) is 14.4 Å². The first kappa shape index (κ1) is 20.4. The Morgan fingerprint density at radius 2 is 1.87 bits per heavy atom. The Bertz CT molecular complexity index is 1110. The van der Waals surface area contributed by atoms with E-state index < -0.39 is 11.8 Å². The molecule has 0 fully saturated rings. The molecular weight excluding hydrogens is 382 g/mol. The number of amides is 3. The molecule has 0 bridgehead atoms. The first-order valence-electron chi connectivity index (χ1n) is 9.06. The predicted octanol–water partition coefficient (Wildman–Crippen LogP) is 2.91.